The molecule has 0 aliphatic heterocycles. The first kappa shape index (κ1) is 10.2. The largest absolute Gasteiger partial charge is 0.364 e. The SMILES string of the molecule is Clc1nsnc1NC1CCCCCC1. The lowest BCUT2D eigenvalue weighted by molar-refractivity contribution is 0.618. The maximum absolute atomic E-state index is 5.87. The zero-order chi connectivity index (χ0) is 9.80. The molecule has 0 amide bonds. The van der Waals surface area contributed by atoms with Gasteiger partial charge >= 0.3 is 0 Å². The van der Waals surface area contributed by atoms with Crippen molar-refractivity contribution in [3.05, 3.63) is 5.15 Å². The number of aromatic nitrogens is 2. The first-order chi connectivity index (χ1) is 6.86. The Bertz CT molecular complexity index is 281. The molecule has 0 aromatic carbocycles. The van der Waals surface area contributed by atoms with Crippen LogP contribution in [0.1, 0.15) is 38.5 Å². The van der Waals surface area contributed by atoms with E-state index >= 15 is 0 Å². The molecule has 1 heterocycles. The second-order valence-corrected chi connectivity index (χ2v) is 4.62. The van der Waals surface area contributed by atoms with Crippen LogP contribution in [0.25, 0.3) is 0 Å². The molecule has 1 aliphatic rings. The predicted molar refractivity (Wildman–Crippen MR) is 60.0 cm³/mol. The fourth-order valence-electron chi connectivity index (χ4n) is 1.88. The van der Waals surface area contributed by atoms with Crippen molar-refractivity contribution in [3.8, 4) is 0 Å². The Hall–Kier alpha value is -0.350. The van der Waals surface area contributed by atoms with Gasteiger partial charge in [0.25, 0.3) is 0 Å². The fraction of sp³-hybridized carbons (Fsp3) is 0.778. The third-order valence-corrected chi connectivity index (χ3v) is 3.54. The highest BCUT2D eigenvalue weighted by Gasteiger charge is 2.14. The lowest BCUT2D eigenvalue weighted by Crippen LogP contribution is -2.18. The van der Waals surface area contributed by atoms with Crippen LogP contribution in [0.4, 0.5) is 5.82 Å². The van der Waals surface area contributed by atoms with Crippen LogP contribution in [-0.4, -0.2) is 14.8 Å². The maximum atomic E-state index is 5.87. The molecule has 14 heavy (non-hydrogen) atoms. The number of rotatable bonds is 2. The van der Waals surface area contributed by atoms with E-state index in [0.717, 1.165) is 5.82 Å². The van der Waals surface area contributed by atoms with Gasteiger partial charge in [-0.3, -0.25) is 0 Å². The molecule has 0 unspecified atom stereocenters. The van der Waals surface area contributed by atoms with Gasteiger partial charge in [0, 0.05) is 6.04 Å². The van der Waals surface area contributed by atoms with Crippen molar-refractivity contribution in [2.45, 2.75) is 44.6 Å². The quantitative estimate of drug-likeness (QED) is 0.794. The van der Waals surface area contributed by atoms with Crippen molar-refractivity contribution >= 4 is 29.1 Å². The van der Waals surface area contributed by atoms with Crippen molar-refractivity contribution in [3.63, 3.8) is 0 Å². The lowest BCUT2D eigenvalue weighted by Gasteiger charge is -2.15. The standard InChI is InChI=1S/C9H14ClN3S/c10-8-9(13-14-12-8)11-7-5-3-1-2-4-6-7/h7H,1-6H2,(H,11,13). The Morgan fingerprint density at radius 3 is 2.43 bits per heavy atom. The molecular weight excluding hydrogens is 218 g/mol. The van der Waals surface area contributed by atoms with Gasteiger partial charge < -0.3 is 5.32 Å². The van der Waals surface area contributed by atoms with Gasteiger partial charge in [-0.1, -0.05) is 37.3 Å². The Morgan fingerprint density at radius 1 is 1.14 bits per heavy atom. The normalized spacial score (nSPS) is 19.2. The Balaban J connectivity index is 1.92. The molecule has 1 fully saturated rings. The summed E-state index contributed by atoms with van der Waals surface area (Å²) in [7, 11) is 0. The highest BCUT2D eigenvalue weighted by molar-refractivity contribution is 6.99. The summed E-state index contributed by atoms with van der Waals surface area (Å²) in [6.07, 6.45) is 7.81. The second kappa shape index (κ2) is 4.94. The number of anilines is 1. The number of hydrogen-bond acceptors (Lipinski definition) is 4. The van der Waals surface area contributed by atoms with Crippen LogP contribution in [0.2, 0.25) is 5.15 Å². The van der Waals surface area contributed by atoms with E-state index in [1.165, 1.54) is 50.3 Å². The van der Waals surface area contributed by atoms with E-state index < -0.39 is 0 Å². The molecule has 1 aliphatic carbocycles. The smallest absolute Gasteiger partial charge is 0.186 e. The van der Waals surface area contributed by atoms with Crippen LogP contribution in [0.15, 0.2) is 0 Å². The second-order valence-electron chi connectivity index (χ2n) is 3.74. The predicted octanol–water partition coefficient (Wildman–Crippen LogP) is 3.33. The molecule has 3 nitrogen and oxygen atoms in total. The topological polar surface area (TPSA) is 37.8 Å². The van der Waals surface area contributed by atoms with Gasteiger partial charge in [0.15, 0.2) is 11.0 Å². The van der Waals surface area contributed by atoms with Crippen LogP contribution in [-0.2, 0) is 0 Å². The van der Waals surface area contributed by atoms with Gasteiger partial charge in [0.05, 0.1) is 11.7 Å². The van der Waals surface area contributed by atoms with Gasteiger partial charge in [0.2, 0.25) is 0 Å². The van der Waals surface area contributed by atoms with Crippen LogP contribution in [0, 0.1) is 0 Å². The third kappa shape index (κ3) is 2.58. The summed E-state index contributed by atoms with van der Waals surface area (Å²) < 4.78 is 8.07. The molecule has 1 saturated carbocycles. The summed E-state index contributed by atoms with van der Waals surface area (Å²) in [6.45, 7) is 0. The molecule has 78 valence electrons. The number of nitrogens with one attached hydrogen (secondary N) is 1. The Labute approximate surface area is 93.2 Å². The van der Waals surface area contributed by atoms with E-state index in [0.29, 0.717) is 11.2 Å². The van der Waals surface area contributed by atoms with Crippen LogP contribution in [0.3, 0.4) is 0 Å². The average molecular weight is 232 g/mol. The molecule has 0 bridgehead atoms. The summed E-state index contributed by atoms with van der Waals surface area (Å²) in [5, 5.41) is 3.89. The van der Waals surface area contributed by atoms with Crippen molar-refractivity contribution in [1.29, 1.82) is 0 Å². The zero-order valence-corrected chi connectivity index (χ0v) is 9.57. The number of halogens is 1. The van der Waals surface area contributed by atoms with E-state index in [-0.39, 0.29) is 0 Å². The van der Waals surface area contributed by atoms with E-state index in [9.17, 15) is 0 Å². The summed E-state index contributed by atoms with van der Waals surface area (Å²) in [5.41, 5.74) is 0. The Morgan fingerprint density at radius 2 is 1.86 bits per heavy atom. The molecule has 1 aromatic heterocycles. The molecule has 1 N–H and O–H groups in total. The minimum absolute atomic E-state index is 0.513. The highest BCUT2D eigenvalue weighted by atomic mass is 35.5. The molecule has 1 aromatic rings. The minimum atomic E-state index is 0.513. The van der Waals surface area contributed by atoms with Gasteiger partial charge in [-0.05, 0) is 12.8 Å². The maximum Gasteiger partial charge on any atom is 0.186 e. The summed E-state index contributed by atoms with van der Waals surface area (Å²) in [6, 6.07) is 0.541. The van der Waals surface area contributed by atoms with Crippen molar-refractivity contribution in [2.24, 2.45) is 0 Å². The molecule has 0 saturated heterocycles. The molecule has 2 rings (SSSR count). The van der Waals surface area contributed by atoms with E-state index in [2.05, 4.69) is 14.1 Å². The first-order valence-electron chi connectivity index (χ1n) is 5.11. The van der Waals surface area contributed by atoms with Crippen molar-refractivity contribution in [1.82, 2.24) is 8.75 Å². The molecule has 0 atom stereocenters. The molecule has 0 radical (unpaired) electrons. The average Bonchev–Trinajstić information content (AvgIpc) is 2.44. The number of hydrogen-bond donors (Lipinski definition) is 1. The fourth-order valence-corrected chi connectivity index (χ4v) is 2.54. The zero-order valence-electron chi connectivity index (χ0n) is 8.00. The monoisotopic (exact) mass is 231 g/mol. The van der Waals surface area contributed by atoms with Crippen molar-refractivity contribution in [2.75, 3.05) is 5.32 Å². The van der Waals surface area contributed by atoms with Gasteiger partial charge in [0.1, 0.15) is 0 Å². The highest BCUT2D eigenvalue weighted by Crippen LogP contribution is 2.24. The van der Waals surface area contributed by atoms with E-state index in [4.69, 9.17) is 11.6 Å². The van der Waals surface area contributed by atoms with E-state index in [1.54, 1.807) is 0 Å². The van der Waals surface area contributed by atoms with Gasteiger partial charge in [-0.25, -0.2) is 0 Å². The first-order valence-corrected chi connectivity index (χ1v) is 6.21. The van der Waals surface area contributed by atoms with Crippen LogP contribution >= 0.6 is 23.3 Å². The summed E-state index contributed by atoms with van der Waals surface area (Å²) in [4.78, 5) is 0. The Kier molecular flexibility index (Phi) is 3.59. The summed E-state index contributed by atoms with van der Waals surface area (Å²) >= 11 is 7.04. The van der Waals surface area contributed by atoms with Crippen LogP contribution in [0.5, 0.6) is 0 Å². The minimum Gasteiger partial charge on any atom is -0.364 e. The van der Waals surface area contributed by atoms with Gasteiger partial charge in [-0.2, -0.15) is 8.75 Å². The molecule has 5 heteroatoms. The third-order valence-electron chi connectivity index (χ3n) is 2.64. The van der Waals surface area contributed by atoms with Crippen molar-refractivity contribution < 1.29 is 0 Å². The molecule has 0 spiro atoms. The summed E-state index contributed by atoms with van der Waals surface area (Å²) in [5.74, 6) is 0.767. The molecular formula is C9H14ClN3S. The van der Waals surface area contributed by atoms with Crippen LogP contribution < -0.4 is 5.32 Å². The van der Waals surface area contributed by atoms with E-state index in [1.807, 2.05) is 0 Å². The lowest BCUT2D eigenvalue weighted by atomic mass is 10.1. The van der Waals surface area contributed by atoms with Gasteiger partial charge in [-0.15, -0.1) is 0 Å². The number of nitrogens with zero attached hydrogens (tertiary/aromatic N) is 2.